The van der Waals surface area contributed by atoms with Crippen LogP contribution in [0, 0.1) is 5.92 Å². The van der Waals surface area contributed by atoms with Gasteiger partial charge in [0, 0.05) is 17.5 Å². The molecule has 2 aromatic rings. The zero-order chi connectivity index (χ0) is 13.8. The van der Waals surface area contributed by atoms with Crippen LogP contribution in [0.15, 0.2) is 42.5 Å². The predicted octanol–water partition coefficient (Wildman–Crippen LogP) is 3.83. The summed E-state index contributed by atoms with van der Waals surface area (Å²) in [4.78, 5) is 12.2. The lowest BCUT2D eigenvalue weighted by molar-refractivity contribution is 0.0931. The first-order valence-corrected chi connectivity index (χ1v) is 7.01. The van der Waals surface area contributed by atoms with E-state index in [0.29, 0.717) is 11.4 Å². The molecule has 0 spiro atoms. The fourth-order valence-electron chi connectivity index (χ4n) is 1.90. The van der Waals surface area contributed by atoms with Gasteiger partial charge in [-0.3, -0.25) is 4.79 Å². The van der Waals surface area contributed by atoms with Gasteiger partial charge in [0.25, 0.3) is 5.91 Å². The van der Waals surface area contributed by atoms with Crippen LogP contribution in [0.4, 0.5) is 0 Å². The van der Waals surface area contributed by atoms with E-state index in [2.05, 4.69) is 5.32 Å². The topological polar surface area (TPSA) is 29.1 Å². The Labute approximate surface area is 118 Å². The van der Waals surface area contributed by atoms with Crippen molar-refractivity contribution >= 4 is 28.3 Å². The van der Waals surface area contributed by atoms with Crippen LogP contribution in [0.2, 0.25) is 0 Å². The van der Waals surface area contributed by atoms with E-state index >= 15 is 0 Å². The maximum Gasteiger partial charge on any atom is 0.251 e. The van der Waals surface area contributed by atoms with Gasteiger partial charge >= 0.3 is 0 Å². The third kappa shape index (κ3) is 3.27. The molecule has 0 saturated heterocycles. The first-order chi connectivity index (χ1) is 9.11. The minimum Gasteiger partial charge on any atom is -0.349 e. The fourth-order valence-corrected chi connectivity index (χ4v) is 2.16. The van der Waals surface area contributed by atoms with Crippen LogP contribution in [0.5, 0.6) is 0 Å². The quantitative estimate of drug-likeness (QED) is 0.844. The maximum atomic E-state index is 12.2. The first-order valence-electron chi connectivity index (χ1n) is 6.47. The summed E-state index contributed by atoms with van der Waals surface area (Å²) in [5.41, 5.74) is 0.687. The van der Waals surface area contributed by atoms with E-state index < -0.39 is 0 Å². The first kappa shape index (κ1) is 13.9. The second-order valence-corrected chi connectivity index (χ2v) is 5.26. The van der Waals surface area contributed by atoms with Crippen LogP contribution in [0.3, 0.4) is 0 Å². The van der Waals surface area contributed by atoms with Crippen LogP contribution < -0.4 is 5.32 Å². The lowest BCUT2D eigenvalue weighted by atomic mass is 10.0. The molecule has 19 heavy (non-hydrogen) atoms. The number of hydrogen-bond acceptors (Lipinski definition) is 1. The van der Waals surface area contributed by atoms with Gasteiger partial charge in [0.15, 0.2) is 0 Å². The standard InChI is InChI=1S/C16H18ClNO/c1-11(10-17)12(2)18-16(19)15-8-7-13-5-3-4-6-14(13)9-15/h3-9,11-12H,10H2,1-2H3,(H,18,19). The van der Waals surface area contributed by atoms with Crippen LogP contribution in [0.1, 0.15) is 24.2 Å². The maximum absolute atomic E-state index is 12.2. The third-order valence-electron chi connectivity index (χ3n) is 3.47. The number of amides is 1. The Kier molecular flexibility index (Phi) is 4.43. The molecule has 2 unspecified atom stereocenters. The largest absolute Gasteiger partial charge is 0.349 e. The molecule has 2 aromatic carbocycles. The SMILES string of the molecule is CC(CCl)C(C)NC(=O)c1ccc2ccccc2c1. The molecule has 0 bridgehead atoms. The molecule has 2 nitrogen and oxygen atoms in total. The molecule has 0 saturated carbocycles. The normalized spacial score (nSPS) is 14.1. The molecule has 0 fully saturated rings. The number of fused-ring (bicyclic) bond motifs is 1. The van der Waals surface area contributed by atoms with Crippen molar-refractivity contribution in [3.63, 3.8) is 0 Å². The molecule has 0 aliphatic rings. The van der Waals surface area contributed by atoms with Crippen molar-refractivity contribution in [2.24, 2.45) is 5.92 Å². The molecule has 2 rings (SSSR count). The van der Waals surface area contributed by atoms with Gasteiger partial charge in [0.1, 0.15) is 0 Å². The number of rotatable bonds is 4. The van der Waals surface area contributed by atoms with E-state index in [1.807, 2.05) is 56.3 Å². The van der Waals surface area contributed by atoms with Crippen molar-refractivity contribution in [2.75, 3.05) is 5.88 Å². The van der Waals surface area contributed by atoms with Crippen molar-refractivity contribution in [2.45, 2.75) is 19.9 Å². The van der Waals surface area contributed by atoms with Crippen molar-refractivity contribution in [1.82, 2.24) is 5.32 Å². The van der Waals surface area contributed by atoms with E-state index in [1.165, 1.54) is 0 Å². The predicted molar refractivity (Wildman–Crippen MR) is 80.8 cm³/mol. The van der Waals surface area contributed by atoms with Crippen molar-refractivity contribution in [3.8, 4) is 0 Å². The van der Waals surface area contributed by atoms with Crippen LogP contribution in [-0.4, -0.2) is 17.8 Å². The van der Waals surface area contributed by atoms with Gasteiger partial charge in [-0.2, -0.15) is 0 Å². The number of carbonyl (C=O) groups excluding carboxylic acids is 1. The van der Waals surface area contributed by atoms with E-state index in [1.54, 1.807) is 0 Å². The number of halogens is 1. The smallest absolute Gasteiger partial charge is 0.251 e. The number of hydrogen-bond donors (Lipinski definition) is 1. The minimum absolute atomic E-state index is 0.0461. The fraction of sp³-hybridized carbons (Fsp3) is 0.312. The van der Waals surface area contributed by atoms with Crippen molar-refractivity contribution in [1.29, 1.82) is 0 Å². The van der Waals surface area contributed by atoms with Gasteiger partial charge in [-0.05, 0) is 35.7 Å². The number of carbonyl (C=O) groups is 1. The van der Waals surface area contributed by atoms with Crippen molar-refractivity contribution < 1.29 is 4.79 Å². The summed E-state index contributed by atoms with van der Waals surface area (Å²) in [6.07, 6.45) is 0. The Morgan fingerprint density at radius 1 is 1.16 bits per heavy atom. The molecule has 2 atom stereocenters. The summed E-state index contributed by atoms with van der Waals surface area (Å²) >= 11 is 5.80. The molecule has 1 N–H and O–H groups in total. The Hall–Kier alpha value is -1.54. The van der Waals surface area contributed by atoms with Gasteiger partial charge in [0.2, 0.25) is 0 Å². The van der Waals surface area contributed by atoms with Gasteiger partial charge < -0.3 is 5.32 Å². The Bertz CT molecular complexity index is 582. The van der Waals surface area contributed by atoms with Gasteiger partial charge in [-0.25, -0.2) is 0 Å². The molecule has 0 heterocycles. The highest BCUT2D eigenvalue weighted by Gasteiger charge is 2.15. The Morgan fingerprint density at radius 2 is 1.84 bits per heavy atom. The van der Waals surface area contributed by atoms with Gasteiger partial charge in [-0.15, -0.1) is 11.6 Å². The lowest BCUT2D eigenvalue weighted by Crippen LogP contribution is -2.37. The average Bonchev–Trinajstić information content (AvgIpc) is 2.45. The zero-order valence-electron chi connectivity index (χ0n) is 11.2. The van der Waals surface area contributed by atoms with Gasteiger partial charge in [-0.1, -0.05) is 37.3 Å². The second-order valence-electron chi connectivity index (χ2n) is 4.96. The molecular formula is C16H18ClNO. The molecule has 0 aliphatic carbocycles. The lowest BCUT2D eigenvalue weighted by Gasteiger charge is -2.19. The molecule has 0 aliphatic heterocycles. The highest BCUT2D eigenvalue weighted by Crippen LogP contribution is 2.16. The molecular weight excluding hydrogens is 258 g/mol. The summed E-state index contributed by atoms with van der Waals surface area (Å²) in [5.74, 6) is 0.750. The molecule has 0 aromatic heterocycles. The molecule has 1 amide bonds. The van der Waals surface area contributed by atoms with Crippen LogP contribution in [0.25, 0.3) is 10.8 Å². The van der Waals surface area contributed by atoms with Crippen molar-refractivity contribution in [3.05, 3.63) is 48.0 Å². The van der Waals surface area contributed by atoms with Crippen LogP contribution in [-0.2, 0) is 0 Å². The molecule has 100 valence electrons. The number of alkyl halides is 1. The average molecular weight is 276 g/mol. The summed E-state index contributed by atoms with van der Waals surface area (Å²) < 4.78 is 0. The Morgan fingerprint density at radius 3 is 2.53 bits per heavy atom. The van der Waals surface area contributed by atoms with E-state index in [0.717, 1.165) is 10.8 Å². The molecule has 0 radical (unpaired) electrons. The Balaban J connectivity index is 2.17. The highest BCUT2D eigenvalue weighted by atomic mass is 35.5. The van der Waals surface area contributed by atoms with E-state index in [9.17, 15) is 4.79 Å². The zero-order valence-corrected chi connectivity index (χ0v) is 11.9. The highest BCUT2D eigenvalue weighted by molar-refractivity contribution is 6.18. The summed E-state index contributed by atoms with van der Waals surface area (Å²) in [5, 5.41) is 5.21. The third-order valence-corrected chi connectivity index (χ3v) is 3.95. The second kappa shape index (κ2) is 6.07. The monoisotopic (exact) mass is 275 g/mol. The van der Waals surface area contributed by atoms with Crippen LogP contribution >= 0.6 is 11.6 Å². The number of nitrogens with one attached hydrogen (secondary N) is 1. The summed E-state index contributed by atoms with van der Waals surface area (Å²) in [6.45, 7) is 4.00. The molecule has 3 heteroatoms. The summed E-state index contributed by atoms with van der Waals surface area (Å²) in [7, 11) is 0. The van der Waals surface area contributed by atoms with E-state index in [4.69, 9.17) is 11.6 Å². The number of benzene rings is 2. The summed E-state index contributed by atoms with van der Waals surface area (Å²) in [6, 6.07) is 13.8. The van der Waals surface area contributed by atoms with E-state index in [-0.39, 0.29) is 17.9 Å². The minimum atomic E-state index is -0.0461. The van der Waals surface area contributed by atoms with Gasteiger partial charge in [0.05, 0.1) is 0 Å².